The zero-order valence-corrected chi connectivity index (χ0v) is 51.2. The highest BCUT2D eigenvalue weighted by atomic mass is 32.1. The molecule has 6 aromatic carbocycles. The first-order valence-corrected chi connectivity index (χ1v) is 32.6. The zero-order valence-electron chi connectivity index (χ0n) is 49.4. The van der Waals surface area contributed by atoms with Crippen LogP contribution in [0.1, 0.15) is 72.2 Å². The summed E-state index contributed by atoms with van der Waals surface area (Å²) >= 11 is 1.81. The topological polar surface area (TPSA) is 140 Å². The Hall–Kier alpha value is -7.04. The summed E-state index contributed by atoms with van der Waals surface area (Å²) in [6.07, 6.45) is 9.47. The van der Waals surface area contributed by atoms with E-state index in [0.29, 0.717) is 87.1 Å². The third-order valence-corrected chi connectivity index (χ3v) is 21.1. The summed E-state index contributed by atoms with van der Waals surface area (Å²) in [7, 11) is 2.97. The lowest BCUT2D eigenvalue weighted by atomic mass is 9.77. The van der Waals surface area contributed by atoms with Crippen LogP contribution in [0.5, 0.6) is 0 Å². The van der Waals surface area contributed by atoms with E-state index < -0.39 is 22.3 Å². The second kappa shape index (κ2) is 26.3. The lowest BCUT2D eigenvalue weighted by Gasteiger charge is -2.37. The van der Waals surface area contributed by atoms with Crippen molar-refractivity contribution >= 4 is 100.0 Å². The molecule has 0 unspecified atom stereocenters. The molecule has 0 spiro atoms. The number of carbonyl (C=O) groups is 2. The molecular weight excluding hydrogens is 1060 g/mol. The van der Waals surface area contributed by atoms with Crippen LogP contribution in [0.25, 0.3) is 37.6 Å². The van der Waals surface area contributed by atoms with E-state index in [4.69, 9.17) is 0 Å². The molecule has 7 aromatic rings. The number of allylic oxidation sites excluding steroid dienone is 6. The summed E-state index contributed by atoms with van der Waals surface area (Å²) < 4.78 is 2.19. The van der Waals surface area contributed by atoms with E-state index in [1.54, 1.807) is 26.0 Å². The molecule has 5 N–H and O–H groups in total. The molecule has 0 saturated heterocycles. The summed E-state index contributed by atoms with van der Waals surface area (Å²) in [6, 6.07) is 41.9. The van der Waals surface area contributed by atoms with Gasteiger partial charge in [0.1, 0.15) is 22.2 Å². The molecule has 0 bridgehead atoms. The largest absolute Gasteiger partial charge is 0.488 e. The Balaban J connectivity index is 1.21. The summed E-state index contributed by atoms with van der Waals surface area (Å²) in [4.78, 5) is 34.7. The quantitative estimate of drug-likeness (QED) is 0.0132. The number of nitrogens with one attached hydrogen (secondary N) is 1. The molecule has 1 amide bonds. The predicted molar refractivity (Wildman–Crippen MR) is 350 cm³/mol. The Bertz CT molecular complexity index is 3780. The van der Waals surface area contributed by atoms with Crippen molar-refractivity contribution in [2.24, 2.45) is 0 Å². The molecule has 1 aliphatic heterocycles. The second-order valence-electron chi connectivity index (χ2n) is 23.3. The number of fused-ring (bicyclic) bond motifs is 4. The van der Waals surface area contributed by atoms with Gasteiger partial charge in [-0.3, -0.25) is 19.4 Å². The second-order valence-corrected chi connectivity index (χ2v) is 28.7. The average molecular weight is 1140 g/mol. The van der Waals surface area contributed by atoms with Gasteiger partial charge >= 0.3 is 14.2 Å². The van der Waals surface area contributed by atoms with Gasteiger partial charge in [0.2, 0.25) is 5.91 Å². The van der Waals surface area contributed by atoms with Crippen molar-refractivity contribution < 1.29 is 34.3 Å². The Labute approximate surface area is 495 Å². The first-order chi connectivity index (χ1) is 39.7. The van der Waals surface area contributed by atoms with Crippen molar-refractivity contribution in [3.05, 3.63) is 207 Å². The molecule has 9 rings (SSSR count). The molecule has 15 heteroatoms. The normalized spacial score (nSPS) is 13.6. The number of hydrogen-bond donors (Lipinski definition) is 5. The van der Waals surface area contributed by atoms with E-state index >= 15 is 0 Å². The van der Waals surface area contributed by atoms with Gasteiger partial charge in [0, 0.05) is 98.5 Å². The summed E-state index contributed by atoms with van der Waals surface area (Å²) in [5, 5.41) is 52.5. The number of anilines is 1. The minimum atomic E-state index is -2.17. The number of ketones is 1. The van der Waals surface area contributed by atoms with Crippen molar-refractivity contribution in [3.8, 4) is 10.4 Å². The number of Topliss-reactive ketones (excluding diaryl/α,β-unsaturated/α-hetero) is 1. The van der Waals surface area contributed by atoms with Gasteiger partial charge in [0.15, 0.2) is 11.5 Å². The summed E-state index contributed by atoms with van der Waals surface area (Å²) in [5.74, 6) is -0.131. The van der Waals surface area contributed by atoms with E-state index in [2.05, 4.69) is 170 Å². The Kier molecular flexibility index (Phi) is 19.2. The van der Waals surface area contributed by atoms with Crippen LogP contribution in [0.15, 0.2) is 175 Å². The van der Waals surface area contributed by atoms with Gasteiger partial charge in [0.25, 0.3) is 0 Å². The SMILES string of the molecule is C=C(C)C(=O)CCCCN(Cc1ccccc1B(O)O)Cc1c2ccccc2c(CN(CCCNC(=O)C(=C)C)Cc2ccccc2B(O)O)c2ccc(-c3ccc(C4=C5C=CC(=[N+](C)C)C=C5[Si](C)(C)c5cc(N(C)C)ccc54)s3)cc12. The average Bonchev–Trinajstić information content (AvgIpc) is 1.73. The van der Waals surface area contributed by atoms with Gasteiger partial charge in [-0.25, -0.2) is 4.58 Å². The van der Waals surface area contributed by atoms with Crippen LogP contribution in [0.4, 0.5) is 5.69 Å². The van der Waals surface area contributed by atoms with Gasteiger partial charge < -0.3 is 30.3 Å². The standard InChI is InChI=1S/C68H77B2N5O6SSi/c1-45(2)62(76)26-17-18-36-74(41-48-20-11-15-24-60(48)69(78)79)44-59-53-23-14-13-22-52(53)58(43-75(37-19-35-71-68(77)46(3)4)42-49-21-12-16-25-61(49)70(80)81)54-30-27-47(38-57(54)59)63-33-34-64(82-63)67-55-31-28-50(72(5)6)39-65(55)83(9,10)66-40-51(73(7)8)29-32-56(66)67/h11-16,20-25,27-34,38-40,78-81H,1,3,17-19,26,35-37,41-44H2,2,4-10H3/p+1. The molecule has 1 aliphatic carbocycles. The number of amides is 1. The minimum absolute atomic E-state index is 0.0572. The fourth-order valence-corrected chi connectivity index (χ4v) is 16.0. The van der Waals surface area contributed by atoms with Crippen LogP contribution < -0.4 is 26.3 Å². The van der Waals surface area contributed by atoms with E-state index in [1.807, 2.05) is 47.7 Å². The van der Waals surface area contributed by atoms with E-state index in [1.165, 1.54) is 43.4 Å². The van der Waals surface area contributed by atoms with Gasteiger partial charge in [-0.2, -0.15) is 0 Å². The number of nitrogens with zero attached hydrogens (tertiary/aromatic N) is 4. The number of unbranched alkanes of at least 4 members (excludes halogenated alkanes) is 1. The molecule has 0 saturated carbocycles. The predicted octanol–water partition coefficient (Wildman–Crippen LogP) is 9.03. The number of hydrogen-bond acceptors (Lipinski definition) is 10. The summed E-state index contributed by atoms with van der Waals surface area (Å²) in [5.41, 5.74) is 13.1. The van der Waals surface area contributed by atoms with Crippen LogP contribution in [-0.2, 0) is 35.8 Å². The van der Waals surface area contributed by atoms with E-state index in [9.17, 15) is 29.7 Å². The van der Waals surface area contributed by atoms with Gasteiger partial charge in [0.05, 0.1) is 0 Å². The first kappa shape index (κ1) is 60.5. The lowest BCUT2D eigenvalue weighted by molar-refractivity contribution is -0.462. The van der Waals surface area contributed by atoms with Gasteiger partial charge in [-0.1, -0.05) is 117 Å². The fourth-order valence-electron chi connectivity index (χ4n) is 11.8. The first-order valence-electron chi connectivity index (χ1n) is 28.7. The van der Waals surface area contributed by atoms with Crippen molar-refractivity contribution in [1.29, 1.82) is 0 Å². The van der Waals surface area contributed by atoms with Crippen molar-refractivity contribution in [2.75, 3.05) is 52.7 Å². The van der Waals surface area contributed by atoms with Gasteiger partial charge in [-0.05, 0) is 163 Å². The minimum Gasteiger partial charge on any atom is -0.423 e. The maximum atomic E-state index is 12.8. The number of rotatable bonds is 24. The van der Waals surface area contributed by atoms with Crippen LogP contribution in [-0.4, -0.2) is 122 Å². The molecule has 0 atom stereocenters. The highest BCUT2D eigenvalue weighted by molar-refractivity contribution is 7.16. The molecule has 0 fully saturated rings. The smallest absolute Gasteiger partial charge is 0.423 e. The third-order valence-electron chi connectivity index (χ3n) is 16.5. The van der Waals surface area contributed by atoms with E-state index in [-0.39, 0.29) is 11.7 Å². The van der Waals surface area contributed by atoms with Crippen LogP contribution >= 0.6 is 11.3 Å². The Morgan fingerprint density at radius 3 is 1.82 bits per heavy atom. The van der Waals surface area contributed by atoms with Crippen molar-refractivity contribution in [2.45, 2.75) is 78.8 Å². The maximum Gasteiger partial charge on any atom is 0.488 e. The number of benzene rings is 6. The molecule has 426 valence electrons. The van der Waals surface area contributed by atoms with E-state index in [0.717, 1.165) is 60.7 Å². The molecule has 11 nitrogen and oxygen atoms in total. The third kappa shape index (κ3) is 13.5. The highest BCUT2D eigenvalue weighted by Gasteiger charge is 2.41. The molecule has 83 heavy (non-hydrogen) atoms. The van der Waals surface area contributed by atoms with Gasteiger partial charge in [-0.15, -0.1) is 11.3 Å². The lowest BCUT2D eigenvalue weighted by Crippen LogP contribution is -2.49. The molecule has 1 aromatic heterocycles. The monoisotopic (exact) mass is 1140 g/mol. The Morgan fingerprint density at radius 2 is 1.23 bits per heavy atom. The van der Waals surface area contributed by atoms with Crippen molar-refractivity contribution in [3.63, 3.8) is 0 Å². The molecular formula is C68H78B2N5O6SSi+. The zero-order chi connectivity index (χ0) is 59.3. The Morgan fingerprint density at radius 1 is 0.651 bits per heavy atom. The molecule has 2 heterocycles. The number of carbonyl (C=O) groups excluding carboxylic acids is 2. The number of thiophene rings is 1. The van der Waals surface area contributed by atoms with Crippen molar-refractivity contribution in [1.82, 2.24) is 15.1 Å². The van der Waals surface area contributed by atoms with Crippen LogP contribution in [0.3, 0.4) is 0 Å². The molecule has 2 aliphatic rings. The van der Waals surface area contributed by atoms with Crippen LogP contribution in [0, 0.1) is 0 Å². The fraction of sp³-hybridized carbons (Fsp3) is 0.279. The molecule has 0 radical (unpaired) electrons. The van der Waals surface area contributed by atoms with Crippen LogP contribution in [0.2, 0.25) is 13.1 Å². The highest BCUT2D eigenvalue weighted by Crippen LogP contribution is 2.46. The summed E-state index contributed by atoms with van der Waals surface area (Å²) in [6.45, 7) is 19.7. The maximum absolute atomic E-state index is 12.8.